The highest BCUT2D eigenvalue weighted by Gasteiger charge is 2.15. The maximum atomic E-state index is 11.3. The van der Waals surface area contributed by atoms with Gasteiger partial charge in [-0.2, -0.15) is 0 Å². The molecule has 2 rings (SSSR count). The van der Waals surface area contributed by atoms with Gasteiger partial charge < -0.3 is 9.47 Å². The minimum atomic E-state index is 0.0531. The van der Waals surface area contributed by atoms with Crippen molar-refractivity contribution >= 4 is 16.9 Å². The Hall–Kier alpha value is -1.84. The van der Waals surface area contributed by atoms with E-state index >= 15 is 0 Å². The monoisotopic (exact) mass is 245 g/mol. The molecule has 0 unspecified atom stereocenters. The zero-order valence-electron chi connectivity index (χ0n) is 11.3. The molecule has 0 fully saturated rings. The third-order valence-corrected chi connectivity index (χ3v) is 3.10. The van der Waals surface area contributed by atoms with Gasteiger partial charge in [0.1, 0.15) is 5.82 Å². The molecule has 0 aliphatic heterocycles. The molecule has 1 aromatic carbocycles. The summed E-state index contributed by atoms with van der Waals surface area (Å²) in [5.74, 6) is 0.987. The highest BCUT2D eigenvalue weighted by atomic mass is 16.2. The van der Waals surface area contributed by atoms with Crippen molar-refractivity contribution in [2.24, 2.45) is 0 Å². The molecule has 2 aromatic rings. The van der Waals surface area contributed by atoms with Gasteiger partial charge in [0.2, 0.25) is 5.91 Å². The van der Waals surface area contributed by atoms with Crippen LogP contribution in [0.3, 0.4) is 0 Å². The van der Waals surface area contributed by atoms with E-state index in [0.29, 0.717) is 12.6 Å². The first-order valence-electron chi connectivity index (χ1n) is 6.18. The molecular formula is C14H19N3O. The molecule has 0 radical (unpaired) electrons. The molecule has 0 aliphatic rings. The van der Waals surface area contributed by atoms with Crippen molar-refractivity contribution in [3.05, 3.63) is 30.1 Å². The number of carbonyl (C=O) groups excluding carboxylic acids is 1. The molecule has 0 saturated carbocycles. The zero-order valence-corrected chi connectivity index (χ0v) is 11.3. The van der Waals surface area contributed by atoms with Gasteiger partial charge in [-0.15, -0.1) is 0 Å². The first-order valence-corrected chi connectivity index (χ1v) is 6.18. The fraction of sp³-hybridized carbons (Fsp3) is 0.429. The van der Waals surface area contributed by atoms with Crippen LogP contribution in [0.2, 0.25) is 0 Å². The Morgan fingerprint density at radius 1 is 1.39 bits per heavy atom. The summed E-state index contributed by atoms with van der Waals surface area (Å²) < 4.78 is 2.19. The summed E-state index contributed by atoms with van der Waals surface area (Å²) in [5.41, 5.74) is 2.11. The van der Waals surface area contributed by atoms with E-state index in [0.717, 1.165) is 16.9 Å². The molecule has 96 valence electrons. The van der Waals surface area contributed by atoms with E-state index in [2.05, 4.69) is 29.5 Å². The number of nitrogens with zero attached hydrogens (tertiary/aromatic N) is 3. The number of hydrogen-bond donors (Lipinski definition) is 0. The van der Waals surface area contributed by atoms with E-state index in [-0.39, 0.29) is 5.91 Å². The van der Waals surface area contributed by atoms with E-state index in [4.69, 9.17) is 0 Å². The van der Waals surface area contributed by atoms with Gasteiger partial charge in [-0.25, -0.2) is 4.98 Å². The van der Waals surface area contributed by atoms with Gasteiger partial charge in [0.15, 0.2) is 0 Å². The SMILES string of the molecule is CC(=O)N(C)Cc1nc2ccccc2n1C(C)C. The van der Waals surface area contributed by atoms with E-state index in [1.807, 2.05) is 18.2 Å². The van der Waals surface area contributed by atoms with E-state index < -0.39 is 0 Å². The Bertz CT molecular complexity index is 571. The molecule has 18 heavy (non-hydrogen) atoms. The number of carbonyl (C=O) groups is 1. The van der Waals surface area contributed by atoms with Crippen molar-refractivity contribution in [1.29, 1.82) is 0 Å². The summed E-state index contributed by atoms with van der Waals surface area (Å²) in [4.78, 5) is 17.6. The Kier molecular flexibility index (Phi) is 3.36. The highest BCUT2D eigenvalue weighted by molar-refractivity contribution is 5.76. The lowest BCUT2D eigenvalue weighted by molar-refractivity contribution is -0.128. The first-order chi connectivity index (χ1) is 8.50. The van der Waals surface area contributed by atoms with Crippen LogP contribution in [0.15, 0.2) is 24.3 Å². The van der Waals surface area contributed by atoms with Crippen LogP contribution < -0.4 is 0 Å². The molecule has 1 amide bonds. The van der Waals surface area contributed by atoms with Crippen molar-refractivity contribution in [2.75, 3.05) is 7.05 Å². The Balaban J connectivity index is 2.49. The van der Waals surface area contributed by atoms with Crippen LogP contribution in [0.1, 0.15) is 32.6 Å². The van der Waals surface area contributed by atoms with Crippen LogP contribution in [-0.4, -0.2) is 27.4 Å². The van der Waals surface area contributed by atoms with Gasteiger partial charge in [0.25, 0.3) is 0 Å². The zero-order chi connectivity index (χ0) is 13.3. The number of hydrogen-bond acceptors (Lipinski definition) is 2. The molecule has 0 saturated heterocycles. The number of para-hydroxylation sites is 2. The standard InChI is InChI=1S/C14H19N3O/c1-10(2)17-13-8-6-5-7-12(13)15-14(17)9-16(4)11(3)18/h5-8,10H,9H2,1-4H3. The smallest absolute Gasteiger partial charge is 0.219 e. The second-order valence-corrected chi connectivity index (χ2v) is 4.86. The molecule has 0 bridgehead atoms. The summed E-state index contributed by atoms with van der Waals surface area (Å²) in [7, 11) is 1.80. The Labute approximate surface area is 107 Å². The molecule has 4 heteroatoms. The number of rotatable bonds is 3. The van der Waals surface area contributed by atoms with Gasteiger partial charge in [0, 0.05) is 20.0 Å². The van der Waals surface area contributed by atoms with Crippen molar-refractivity contribution in [1.82, 2.24) is 14.5 Å². The second-order valence-electron chi connectivity index (χ2n) is 4.86. The second kappa shape index (κ2) is 4.80. The lowest BCUT2D eigenvalue weighted by atomic mass is 10.3. The van der Waals surface area contributed by atoms with Crippen molar-refractivity contribution in [3.63, 3.8) is 0 Å². The van der Waals surface area contributed by atoms with Gasteiger partial charge in [-0.3, -0.25) is 4.79 Å². The predicted octanol–water partition coefficient (Wildman–Crippen LogP) is 2.60. The number of amides is 1. The molecule has 1 heterocycles. The lowest BCUT2D eigenvalue weighted by Crippen LogP contribution is -2.25. The molecule has 4 nitrogen and oxygen atoms in total. The molecule has 0 atom stereocenters. The first kappa shape index (κ1) is 12.6. The number of aromatic nitrogens is 2. The largest absolute Gasteiger partial charge is 0.339 e. The fourth-order valence-electron chi connectivity index (χ4n) is 2.11. The predicted molar refractivity (Wildman–Crippen MR) is 72.3 cm³/mol. The van der Waals surface area contributed by atoms with Gasteiger partial charge in [-0.05, 0) is 26.0 Å². The average molecular weight is 245 g/mol. The van der Waals surface area contributed by atoms with Gasteiger partial charge >= 0.3 is 0 Å². The summed E-state index contributed by atoms with van der Waals surface area (Å²) in [6, 6.07) is 8.40. The van der Waals surface area contributed by atoms with Crippen LogP contribution in [0.4, 0.5) is 0 Å². The van der Waals surface area contributed by atoms with Crippen molar-refractivity contribution in [2.45, 2.75) is 33.4 Å². The Morgan fingerprint density at radius 3 is 2.67 bits per heavy atom. The third kappa shape index (κ3) is 2.23. The van der Waals surface area contributed by atoms with E-state index in [9.17, 15) is 4.79 Å². The van der Waals surface area contributed by atoms with Crippen LogP contribution in [0.5, 0.6) is 0 Å². The van der Waals surface area contributed by atoms with Gasteiger partial charge in [-0.1, -0.05) is 12.1 Å². The van der Waals surface area contributed by atoms with E-state index in [1.54, 1.807) is 18.9 Å². The molecule has 0 spiro atoms. The maximum Gasteiger partial charge on any atom is 0.219 e. The number of imidazole rings is 1. The lowest BCUT2D eigenvalue weighted by Gasteiger charge is -2.18. The van der Waals surface area contributed by atoms with E-state index in [1.165, 1.54) is 0 Å². The number of fused-ring (bicyclic) bond motifs is 1. The van der Waals surface area contributed by atoms with Crippen LogP contribution >= 0.6 is 0 Å². The molecule has 0 N–H and O–H groups in total. The summed E-state index contributed by atoms with van der Waals surface area (Å²) in [6.45, 7) is 6.38. The van der Waals surface area contributed by atoms with Crippen molar-refractivity contribution in [3.8, 4) is 0 Å². The highest BCUT2D eigenvalue weighted by Crippen LogP contribution is 2.21. The van der Waals surface area contributed by atoms with Crippen molar-refractivity contribution < 1.29 is 4.79 Å². The average Bonchev–Trinajstić information content (AvgIpc) is 2.66. The summed E-state index contributed by atoms with van der Waals surface area (Å²) in [5, 5.41) is 0. The van der Waals surface area contributed by atoms with Crippen LogP contribution in [0, 0.1) is 0 Å². The summed E-state index contributed by atoms with van der Waals surface area (Å²) >= 11 is 0. The van der Waals surface area contributed by atoms with Crippen LogP contribution in [-0.2, 0) is 11.3 Å². The molecule has 1 aromatic heterocycles. The molecule has 0 aliphatic carbocycles. The summed E-state index contributed by atoms with van der Waals surface area (Å²) in [6.07, 6.45) is 0. The fourth-order valence-corrected chi connectivity index (χ4v) is 2.11. The normalized spacial score (nSPS) is 11.2. The molecular weight excluding hydrogens is 226 g/mol. The minimum Gasteiger partial charge on any atom is -0.339 e. The maximum absolute atomic E-state index is 11.3. The van der Waals surface area contributed by atoms with Crippen LogP contribution in [0.25, 0.3) is 11.0 Å². The third-order valence-electron chi connectivity index (χ3n) is 3.10. The number of benzene rings is 1. The Morgan fingerprint density at radius 2 is 2.06 bits per heavy atom. The topological polar surface area (TPSA) is 38.1 Å². The minimum absolute atomic E-state index is 0.0531. The van der Waals surface area contributed by atoms with Gasteiger partial charge in [0.05, 0.1) is 17.6 Å². The quantitative estimate of drug-likeness (QED) is 0.833.